The largest absolute Gasteiger partial charge is 0.467 e. The number of amides is 2. The minimum atomic E-state index is -0.737. The van der Waals surface area contributed by atoms with Gasteiger partial charge in [-0.1, -0.05) is 49.5 Å². The first-order chi connectivity index (χ1) is 13.9. The molecule has 2 N–H and O–H groups in total. The van der Waals surface area contributed by atoms with Gasteiger partial charge < -0.3 is 19.9 Å². The number of H-pyrrole nitrogens is 1. The number of imidazole rings is 1. The van der Waals surface area contributed by atoms with Crippen molar-refractivity contribution in [3.8, 4) is 0 Å². The fourth-order valence-corrected chi connectivity index (χ4v) is 4.06. The number of ether oxygens (including phenoxy) is 1. The molecule has 0 saturated heterocycles. The third-order valence-electron chi connectivity index (χ3n) is 5.39. The molecule has 0 bridgehead atoms. The number of benzene rings is 1. The van der Waals surface area contributed by atoms with E-state index in [1.807, 2.05) is 13.8 Å². The predicted molar refractivity (Wildman–Crippen MR) is 111 cm³/mol. The number of carbonyl (C=O) groups is 2. The highest BCUT2D eigenvalue weighted by Crippen LogP contribution is 2.37. The summed E-state index contributed by atoms with van der Waals surface area (Å²) in [5.74, 6) is -0.541. The molecule has 1 unspecified atom stereocenters. The topological polar surface area (TPSA) is 87.3 Å². The molecule has 7 nitrogen and oxygen atoms in total. The lowest BCUT2D eigenvalue weighted by Gasteiger charge is -2.37. The third kappa shape index (κ3) is 4.36. The second kappa shape index (κ2) is 9.05. The maximum atomic E-state index is 13.2. The standard InChI is InChI=1S/C20H24Cl2N4O3/c1-4-11(2)16(19(27)29-3)25-20(28)26-8-7-15-17(24-10-23-15)18(26)13-6-5-12(21)9-14(13)22/h5-6,9-11,16,18H,4,7-8H2,1-3H3,(H,23,24)(H,25,28)/t11-,16+,18?/m1/s1. The van der Waals surface area contributed by atoms with Crippen molar-refractivity contribution in [1.29, 1.82) is 0 Å². The van der Waals surface area contributed by atoms with E-state index >= 15 is 0 Å². The van der Waals surface area contributed by atoms with Gasteiger partial charge in [0.05, 0.1) is 19.1 Å². The van der Waals surface area contributed by atoms with E-state index in [0.717, 1.165) is 23.4 Å². The van der Waals surface area contributed by atoms with E-state index in [-0.39, 0.29) is 11.9 Å². The van der Waals surface area contributed by atoms with Crippen LogP contribution >= 0.6 is 23.2 Å². The molecule has 0 aliphatic carbocycles. The van der Waals surface area contributed by atoms with Gasteiger partial charge in [0.1, 0.15) is 12.1 Å². The first kappa shape index (κ1) is 21.5. The van der Waals surface area contributed by atoms with Crippen molar-refractivity contribution in [2.24, 2.45) is 5.92 Å². The molecule has 1 aromatic carbocycles. The number of hydrogen-bond acceptors (Lipinski definition) is 4. The number of urea groups is 1. The Bertz CT molecular complexity index is 902. The normalized spacial score (nSPS) is 18.0. The molecule has 3 atom stereocenters. The quantitative estimate of drug-likeness (QED) is 0.691. The summed E-state index contributed by atoms with van der Waals surface area (Å²) < 4.78 is 4.89. The summed E-state index contributed by atoms with van der Waals surface area (Å²) >= 11 is 12.5. The number of hydrogen-bond donors (Lipinski definition) is 2. The van der Waals surface area contributed by atoms with Crippen LogP contribution in [0.3, 0.4) is 0 Å². The number of fused-ring (bicyclic) bond motifs is 1. The van der Waals surface area contributed by atoms with Crippen molar-refractivity contribution in [2.45, 2.75) is 38.8 Å². The highest BCUT2D eigenvalue weighted by atomic mass is 35.5. The third-order valence-corrected chi connectivity index (χ3v) is 5.95. The first-order valence-corrected chi connectivity index (χ1v) is 10.2. The zero-order valence-corrected chi connectivity index (χ0v) is 18.0. The molecule has 1 aromatic heterocycles. The summed E-state index contributed by atoms with van der Waals surface area (Å²) in [6.07, 6.45) is 2.95. The van der Waals surface area contributed by atoms with E-state index in [2.05, 4.69) is 15.3 Å². The SMILES string of the molecule is CC[C@@H](C)[C@H](NC(=O)N1CCc2[nH]cnc2C1c1ccc(Cl)cc1Cl)C(=O)OC. The van der Waals surface area contributed by atoms with Crippen LogP contribution in [0.15, 0.2) is 24.5 Å². The van der Waals surface area contributed by atoms with Gasteiger partial charge in [0.25, 0.3) is 0 Å². The van der Waals surface area contributed by atoms with Gasteiger partial charge in [-0.15, -0.1) is 0 Å². The van der Waals surface area contributed by atoms with Gasteiger partial charge in [-0.2, -0.15) is 0 Å². The van der Waals surface area contributed by atoms with Gasteiger partial charge in [0, 0.05) is 28.7 Å². The minimum absolute atomic E-state index is 0.0743. The summed E-state index contributed by atoms with van der Waals surface area (Å²) in [7, 11) is 1.32. The second-order valence-electron chi connectivity index (χ2n) is 7.11. The predicted octanol–water partition coefficient (Wildman–Crippen LogP) is 3.96. The Morgan fingerprint density at radius 1 is 1.41 bits per heavy atom. The number of aromatic amines is 1. The molecular weight excluding hydrogens is 415 g/mol. The zero-order chi connectivity index (χ0) is 21.1. The van der Waals surface area contributed by atoms with Crippen molar-refractivity contribution in [2.75, 3.05) is 13.7 Å². The van der Waals surface area contributed by atoms with Crippen LogP contribution in [0, 0.1) is 5.92 Å². The molecule has 2 amide bonds. The van der Waals surface area contributed by atoms with E-state index in [4.69, 9.17) is 27.9 Å². The minimum Gasteiger partial charge on any atom is -0.467 e. The number of aromatic nitrogens is 2. The van der Waals surface area contributed by atoms with Crippen LogP contribution in [0.2, 0.25) is 10.0 Å². The van der Waals surface area contributed by atoms with E-state index in [0.29, 0.717) is 23.0 Å². The van der Waals surface area contributed by atoms with Crippen LogP contribution in [0.5, 0.6) is 0 Å². The first-order valence-electron chi connectivity index (χ1n) is 9.49. The molecule has 3 rings (SSSR count). The molecule has 1 aliphatic rings. The molecule has 156 valence electrons. The molecule has 0 saturated carbocycles. The molecule has 29 heavy (non-hydrogen) atoms. The Hall–Kier alpha value is -2.25. The average molecular weight is 439 g/mol. The van der Waals surface area contributed by atoms with Crippen molar-refractivity contribution in [1.82, 2.24) is 20.2 Å². The summed E-state index contributed by atoms with van der Waals surface area (Å²) in [4.78, 5) is 34.7. The van der Waals surface area contributed by atoms with Crippen molar-refractivity contribution in [3.63, 3.8) is 0 Å². The molecule has 1 aliphatic heterocycles. The van der Waals surface area contributed by atoms with Gasteiger partial charge in [0.15, 0.2) is 0 Å². The molecule has 2 heterocycles. The number of rotatable bonds is 5. The van der Waals surface area contributed by atoms with Gasteiger partial charge in [0.2, 0.25) is 0 Å². The molecule has 0 radical (unpaired) electrons. The number of nitrogens with one attached hydrogen (secondary N) is 2. The van der Waals surface area contributed by atoms with Crippen molar-refractivity contribution in [3.05, 3.63) is 51.5 Å². The number of halogens is 2. The van der Waals surface area contributed by atoms with Crippen LogP contribution in [0.25, 0.3) is 0 Å². The maximum Gasteiger partial charge on any atom is 0.328 e. The van der Waals surface area contributed by atoms with Crippen molar-refractivity contribution >= 4 is 35.2 Å². The summed E-state index contributed by atoms with van der Waals surface area (Å²) in [5, 5.41) is 3.80. The molecular formula is C20H24Cl2N4O3. The van der Waals surface area contributed by atoms with E-state index in [9.17, 15) is 9.59 Å². The van der Waals surface area contributed by atoms with E-state index < -0.39 is 18.1 Å². The fraction of sp³-hybridized carbons (Fsp3) is 0.450. The Balaban J connectivity index is 1.96. The van der Waals surface area contributed by atoms with Crippen molar-refractivity contribution < 1.29 is 14.3 Å². The number of methoxy groups -OCH3 is 1. The van der Waals surface area contributed by atoms with Gasteiger partial charge in [-0.3, -0.25) is 0 Å². The van der Waals surface area contributed by atoms with Gasteiger partial charge in [-0.25, -0.2) is 14.6 Å². The van der Waals surface area contributed by atoms with Crippen LogP contribution in [0.4, 0.5) is 4.79 Å². The Labute approximate surface area is 179 Å². The van der Waals surface area contributed by atoms with Crippen LogP contribution in [-0.4, -0.2) is 46.6 Å². The highest BCUT2D eigenvalue weighted by molar-refractivity contribution is 6.35. The highest BCUT2D eigenvalue weighted by Gasteiger charge is 2.37. The van der Waals surface area contributed by atoms with Gasteiger partial charge >= 0.3 is 12.0 Å². The molecule has 0 fully saturated rings. The van der Waals surface area contributed by atoms with E-state index in [1.165, 1.54) is 7.11 Å². The van der Waals surface area contributed by atoms with Crippen LogP contribution in [0.1, 0.15) is 43.3 Å². The average Bonchev–Trinajstić information content (AvgIpc) is 3.19. The Kier molecular flexibility index (Phi) is 6.70. The molecule has 2 aromatic rings. The number of carbonyl (C=O) groups excluding carboxylic acids is 2. The second-order valence-corrected chi connectivity index (χ2v) is 7.96. The number of nitrogens with zero attached hydrogens (tertiary/aromatic N) is 2. The van der Waals surface area contributed by atoms with Gasteiger partial charge in [-0.05, 0) is 23.6 Å². The van der Waals surface area contributed by atoms with E-state index in [1.54, 1.807) is 29.4 Å². The lowest BCUT2D eigenvalue weighted by atomic mass is 9.95. The maximum absolute atomic E-state index is 13.2. The summed E-state index contributed by atoms with van der Waals surface area (Å²) in [5.41, 5.74) is 2.41. The smallest absolute Gasteiger partial charge is 0.328 e. The van der Waals surface area contributed by atoms with Crippen LogP contribution in [-0.2, 0) is 16.0 Å². The summed E-state index contributed by atoms with van der Waals surface area (Å²) in [6, 6.07) is 3.57. The monoisotopic (exact) mass is 438 g/mol. The molecule has 0 spiro atoms. The zero-order valence-electron chi connectivity index (χ0n) is 16.5. The summed E-state index contributed by atoms with van der Waals surface area (Å²) in [6.45, 7) is 4.30. The molecule has 9 heteroatoms. The lowest BCUT2D eigenvalue weighted by Crippen LogP contribution is -2.53. The lowest BCUT2D eigenvalue weighted by molar-refractivity contribution is -0.144. The van der Waals surface area contributed by atoms with Crippen LogP contribution < -0.4 is 5.32 Å². The Morgan fingerprint density at radius 3 is 2.83 bits per heavy atom. The fourth-order valence-electron chi connectivity index (χ4n) is 3.55. The Morgan fingerprint density at radius 2 is 2.17 bits per heavy atom. The number of esters is 1.